The molecule has 96 valence electrons. The summed E-state index contributed by atoms with van der Waals surface area (Å²) in [5.74, 6) is -0.792. The van der Waals surface area contributed by atoms with Gasteiger partial charge >= 0.3 is 5.97 Å². The number of carbonyl (C=O) groups is 2. The molecule has 0 spiro atoms. The molecule has 0 aliphatic carbocycles. The molecule has 18 heavy (non-hydrogen) atoms. The van der Waals surface area contributed by atoms with Crippen molar-refractivity contribution in [3.05, 3.63) is 34.4 Å². The molecule has 1 amide bonds. The lowest BCUT2D eigenvalue weighted by Gasteiger charge is -2.03. The van der Waals surface area contributed by atoms with E-state index >= 15 is 0 Å². The first-order valence-corrected chi connectivity index (χ1v) is 5.87. The molecule has 1 aromatic rings. The lowest BCUT2D eigenvalue weighted by atomic mass is 10.3. The number of non-ortho nitro benzene ring substituents is 1. The van der Waals surface area contributed by atoms with Gasteiger partial charge in [0.1, 0.15) is 0 Å². The van der Waals surface area contributed by atoms with Crippen LogP contribution >= 0.6 is 11.8 Å². The molecule has 8 heteroatoms. The van der Waals surface area contributed by atoms with Crippen molar-refractivity contribution < 1.29 is 19.6 Å². The largest absolute Gasteiger partial charge is 0.481 e. The highest BCUT2D eigenvalue weighted by molar-refractivity contribution is 8.13. The van der Waals surface area contributed by atoms with Crippen molar-refractivity contribution in [2.75, 3.05) is 11.1 Å². The van der Waals surface area contributed by atoms with Gasteiger partial charge in [-0.15, -0.1) is 0 Å². The maximum absolute atomic E-state index is 11.3. The number of amides is 1. The normalized spacial score (nSPS) is 9.78. The lowest BCUT2D eigenvalue weighted by molar-refractivity contribution is -0.384. The Morgan fingerprint density at radius 2 is 1.94 bits per heavy atom. The predicted octanol–water partition coefficient (Wildman–Crippen LogP) is 2.33. The summed E-state index contributed by atoms with van der Waals surface area (Å²) < 4.78 is 0. The maximum atomic E-state index is 11.3. The molecule has 0 saturated heterocycles. The monoisotopic (exact) mass is 270 g/mol. The molecule has 7 nitrogen and oxygen atoms in total. The van der Waals surface area contributed by atoms with Crippen LogP contribution in [0.5, 0.6) is 0 Å². The standard InChI is InChI=1S/C10H10N2O5S/c13-9(14)5-6-18-10(15)11-7-1-3-8(4-2-7)12(16)17/h1-4H,5-6H2,(H,11,15)(H,13,14). The predicted molar refractivity (Wildman–Crippen MR) is 66.8 cm³/mol. The second-order valence-electron chi connectivity index (χ2n) is 3.21. The molecule has 2 N–H and O–H groups in total. The molecule has 1 aromatic carbocycles. The van der Waals surface area contributed by atoms with Gasteiger partial charge in [-0.1, -0.05) is 11.8 Å². The fraction of sp³-hybridized carbons (Fsp3) is 0.200. The SMILES string of the molecule is O=C(O)CCSC(=O)Nc1ccc([N+](=O)[O-])cc1. The summed E-state index contributed by atoms with van der Waals surface area (Å²) in [6.45, 7) is 0. The third-order valence-electron chi connectivity index (χ3n) is 1.87. The summed E-state index contributed by atoms with van der Waals surface area (Å²) in [4.78, 5) is 31.4. The zero-order chi connectivity index (χ0) is 13.5. The molecule has 1 rings (SSSR count). The van der Waals surface area contributed by atoms with Crippen LogP contribution in [-0.2, 0) is 4.79 Å². The summed E-state index contributed by atoms with van der Waals surface area (Å²) in [5, 5.41) is 20.9. The number of nitro groups is 1. The summed E-state index contributed by atoms with van der Waals surface area (Å²) in [6.07, 6.45) is -0.0989. The highest BCUT2D eigenvalue weighted by Crippen LogP contribution is 2.17. The number of nitrogens with one attached hydrogen (secondary N) is 1. The van der Waals surface area contributed by atoms with Crippen LogP contribution < -0.4 is 5.32 Å². The Labute approximate surface area is 106 Å². The van der Waals surface area contributed by atoms with Crippen molar-refractivity contribution in [1.29, 1.82) is 0 Å². The van der Waals surface area contributed by atoms with Crippen LogP contribution in [0.4, 0.5) is 16.2 Å². The van der Waals surface area contributed by atoms with Crippen molar-refractivity contribution in [3.63, 3.8) is 0 Å². The Morgan fingerprint density at radius 1 is 1.33 bits per heavy atom. The van der Waals surface area contributed by atoms with E-state index in [1.54, 1.807) is 0 Å². The van der Waals surface area contributed by atoms with Crippen LogP contribution in [0.15, 0.2) is 24.3 Å². The minimum atomic E-state index is -0.967. The number of hydrogen-bond donors (Lipinski definition) is 2. The quantitative estimate of drug-likeness (QED) is 0.627. The van der Waals surface area contributed by atoms with Crippen LogP contribution in [0.1, 0.15) is 6.42 Å². The van der Waals surface area contributed by atoms with Crippen molar-refractivity contribution >= 4 is 34.3 Å². The number of nitrogens with zero attached hydrogens (tertiary/aromatic N) is 1. The van der Waals surface area contributed by atoms with E-state index in [9.17, 15) is 19.7 Å². The summed E-state index contributed by atoms with van der Waals surface area (Å²) in [7, 11) is 0. The van der Waals surface area contributed by atoms with Crippen molar-refractivity contribution in [1.82, 2.24) is 0 Å². The summed E-state index contributed by atoms with van der Waals surface area (Å²) in [6, 6.07) is 5.37. The molecule has 0 aliphatic rings. The molecule has 0 atom stereocenters. The third kappa shape index (κ3) is 4.83. The van der Waals surface area contributed by atoms with Gasteiger partial charge in [-0.2, -0.15) is 0 Å². The van der Waals surface area contributed by atoms with Crippen LogP contribution in [0.2, 0.25) is 0 Å². The van der Waals surface area contributed by atoms with Crippen LogP contribution in [0.3, 0.4) is 0 Å². The number of carboxylic acid groups (broad SMARTS) is 1. The first-order valence-electron chi connectivity index (χ1n) is 4.89. The molecule has 0 aromatic heterocycles. The Balaban J connectivity index is 2.44. The van der Waals surface area contributed by atoms with Gasteiger partial charge in [0.05, 0.1) is 11.3 Å². The molecule has 0 bridgehead atoms. The number of thioether (sulfide) groups is 1. The van der Waals surface area contributed by atoms with E-state index in [4.69, 9.17) is 5.11 Å². The molecule has 0 fully saturated rings. The Kier molecular flexibility index (Phi) is 5.12. The van der Waals surface area contributed by atoms with Gasteiger partial charge in [-0.05, 0) is 12.1 Å². The minimum absolute atomic E-state index is 0.0634. The first-order chi connectivity index (χ1) is 8.49. The Bertz CT molecular complexity index is 460. The number of benzene rings is 1. The second-order valence-corrected chi connectivity index (χ2v) is 4.28. The first kappa shape index (κ1) is 14.0. The van der Waals surface area contributed by atoms with Crippen molar-refractivity contribution in [2.45, 2.75) is 6.42 Å². The molecule has 0 radical (unpaired) electrons. The second kappa shape index (κ2) is 6.60. The highest BCUT2D eigenvalue weighted by atomic mass is 32.2. The zero-order valence-corrected chi connectivity index (χ0v) is 9.98. The van der Waals surface area contributed by atoms with Gasteiger partial charge in [0.25, 0.3) is 10.9 Å². The average Bonchev–Trinajstić information content (AvgIpc) is 2.29. The number of carbonyl (C=O) groups excluding carboxylic acids is 1. The van der Waals surface area contributed by atoms with Crippen LogP contribution in [0, 0.1) is 10.1 Å². The van der Waals surface area contributed by atoms with Gasteiger partial charge in [-0.3, -0.25) is 19.7 Å². The maximum Gasteiger partial charge on any atom is 0.304 e. The molecule has 0 unspecified atom stereocenters. The van der Waals surface area contributed by atoms with E-state index in [1.807, 2.05) is 0 Å². The highest BCUT2D eigenvalue weighted by Gasteiger charge is 2.07. The topological polar surface area (TPSA) is 110 Å². The number of aliphatic carboxylic acids is 1. The number of hydrogen-bond acceptors (Lipinski definition) is 5. The van der Waals surface area contributed by atoms with E-state index in [-0.39, 0.29) is 17.9 Å². The molecular formula is C10H10N2O5S. The average molecular weight is 270 g/mol. The molecule has 0 aliphatic heterocycles. The summed E-state index contributed by atoms with van der Waals surface area (Å²) >= 11 is 0.845. The van der Waals surface area contributed by atoms with Gasteiger partial charge in [0.15, 0.2) is 0 Å². The Morgan fingerprint density at radius 3 is 2.44 bits per heavy atom. The van der Waals surface area contributed by atoms with Gasteiger partial charge < -0.3 is 10.4 Å². The zero-order valence-electron chi connectivity index (χ0n) is 9.16. The minimum Gasteiger partial charge on any atom is -0.481 e. The van der Waals surface area contributed by atoms with E-state index in [1.165, 1.54) is 24.3 Å². The van der Waals surface area contributed by atoms with Gasteiger partial charge in [-0.25, -0.2) is 0 Å². The van der Waals surface area contributed by atoms with E-state index in [0.29, 0.717) is 5.69 Å². The Hall–Kier alpha value is -2.09. The summed E-state index contributed by atoms with van der Waals surface area (Å²) in [5.41, 5.74) is 0.361. The number of carboxylic acids is 1. The van der Waals surface area contributed by atoms with Gasteiger partial charge in [0.2, 0.25) is 0 Å². The third-order valence-corrected chi connectivity index (χ3v) is 2.65. The lowest BCUT2D eigenvalue weighted by Crippen LogP contribution is -2.07. The van der Waals surface area contributed by atoms with Gasteiger partial charge in [0, 0.05) is 23.6 Å². The van der Waals surface area contributed by atoms with Crippen LogP contribution in [-0.4, -0.2) is 27.0 Å². The van der Waals surface area contributed by atoms with E-state index in [2.05, 4.69) is 5.32 Å². The van der Waals surface area contributed by atoms with E-state index in [0.717, 1.165) is 11.8 Å². The van der Waals surface area contributed by atoms with E-state index < -0.39 is 16.1 Å². The smallest absolute Gasteiger partial charge is 0.304 e. The molecule has 0 saturated carbocycles. The number of anilines is 1. The van der Waals surface area contributed by atoms with Crippen molar-refractivity contribution in [3.8, 4) is 0 Å². The van der Waals surface area contributed by atoms with Crippen molar-refractivity contribution in [2.24, 2.45) is 0 Å². The fourth-order valence-corrected chi connectivity index (χ4v) is 1.70. The number of rotatable bonds is 5. The molecule has 0 heterocycles. The fourth-order valence-electron chi connectivity index (χ4n) is 1.05. The number of nitro benzene ring substituents is 1. The van der Waals surface area contributed by atoms with Crippen LogP contribution in [0.25, 0.3) is 0 Å². The molecular weight excluding hydrogens is 260 g/mol.